The number of alkyl halides is 2. The molecule has 0 aliphatic heterocycles. The lowest BCUT2D eigenvalue weighted by Gasteiger charge is -2.32. The molecule has 110 valence electrons. The number of benzene rings is 1. The average molecular weight is 325 g/mol. The first kappa shape index (κ1) is 14.4. The van der Waals surface area contributed by atoms with Gasteiger partial charge in [-0.05, 0) is 25.0 Å². The lowest BCUT2D eigenvalue weighted by atomic mass is 9.90. The zero-order valence-electron chi connectivity index (χ0n) is 11.2. The lowest BCUT2D eigenvalue weighted by molar-refractivity contribution is 0.0924. The molecule has 0 radical (unpaired) electrons. The van der Waals surface area contributed by atoms with Crippen LogP contribution in [0.25, 0.3) is 11.0 Å². The lowest BCUT2D eigenvalue weighted by Crippen LogP contribution is -2.46. The average Bonchev–Trinajstić information content (AvgIpc) is 2.88. The molecular weight excluding hydrogens is 311 g/mol. The van der Waals surface area contributed by atoms with E-state index >= 15 is 0 Å². The molecule has 1 saturated carbocycles. The Morgan fingerprint density at radius 3 is 2.95 bits per heavy atom. The maximum Gasteiger partial charge on any atom is 0.274 e. The highest BCUT2D eigenvalue weighted by molar-refractivity contribution is 6.24. The summed E-state index contributed by atoms with van der Waals surface area (Å²) in [6.07, 6.45) is 1.16. The number of nitrogens with zero attached hydrogens (tertiary/aromatic N) is 1. The van der Waals surface area contributed by atoms with Crippen LogP contribution >= 0.6 is 23.2 Å². The van der Waals surface area contributed by atoms with Crippen molar-refractivity contribution >= 4 is 40.1 Å². The number of amides is 1. The largest absolute Gasteiger partial charge is 0.355 e. The van der Waals surface area contributed by atoms with E-state index in [4.69, 9.17) is 27.7 Å². The van der Waals surface area contributed by atoms with Gasteiger partial charge < -0.3 is 9.84 Å². The van der Waals surface area contributed by atoms with Gasteiger partial charge in [0.2, 0.25) is 0 Å². The first-order chi connectivity index (χ1) is 10.1. The normalized spacial score (nSPS) is 26.0. The summed E-state index contributed by atoms with van der Waals surface area (Å²) in [5.41, 5.74) is 1.76. The number of halogens is 2. The van der Waals surface area contributed by atoms with Gasteiger partial charge in [0.05, 0.1) is 16.1 Å². The topological polar surface area (TPSA) is 55.1 Å². The third-order valence-corrected chi connectivity index (χ3v) is 4.65. The number of allylic oxidation sites excluding steroid dienone is 1. The van der Waals surface area contributed by atoms with E-state index in [1.165, 1.54) is 0 Å². The van der Waals surface area contributed by atoms with Gasteiger partial charge in [-0.15, -0.1) is 23.2 Å². The second kappa shape index (κ2) is 5.70. The van der Waals surface area contributed by atoms with Crippen molar-refractivity contribution in [1.82, 2.24) is 10.5 Å². The van der Waals surface area contributed by atoms with Crippen molar-refractivity contribution < 1.29 is 9.32 Å². The zero-order chi connectivity index (χ0) is 15.0. The molecule has 6 heteroatoms. The van der Waals surface area contributed by atoms with Crippen molar-refractivity contribution in [2.45, 2.75) is 29.6 Å². The molecule has 1 aliphatic carbocycles. The Morgan fingerprint density at radius 2 is 2.14 bits per heavy atom. The van der Waals surface area contributed by atoms with Crippen LogP contribution in [0, 0.1) is 0 Å². The summed E-state index contributed by atoms with van der Waals surface area (Å²) in [5, 5.41) is 7.04. The molecule has 3 rings (SSSR count). The summed E-state index contributed by atoms with van der Waals surface area (Å²) < 4.78 is 5.14. The number of rotatable bonds is 2. The van der Waals surface area contributed by atoms with E-state index in [1.54, 1.807) is 12.1 Å². The summed E-state index contributed by atoms with van der Waals surface area (Å²) in [4.78, 5) is 12.4. The van der Waals surface area contributed by atoms with Gasteiger partial charge in [-0.1, -0.05) is 29.4 Å². The first-order valence-electron chi connectivity index (χ1n) is 6.67. The molecule has 0 spiro atoms. The molecule has 4 nitrogen and oxygen atoms in total. The highest BCUT2D eigenvalue weighted by Gasteiger charge is 2.32. The Labute approximate surface area is 132 Å². The van der Waals surface area contributed by atoms with E-state index in [-0.39, 0.29) is 28.4 Å². The predicted octanol–water partition coefficient (Wildman–Crippen LogP) is 3.49. The van der Waals surface area contributed by atoms with E-state index in [0.29, 0.717) is 23.8 Å². The number of carbonyl (C=O) groups is 1. The molecule has 1 aliphatic rings. The highest BCUT2D eigenvalue weighted by Crippen LogP contribution is 2.31. The molecule has 1 fully saturated rings. The SMILES string of the molecule is C=C1CC(Cl)C(NC(=O)c2noc3ccccc23)CC1Cl. The van der Waals surface area contributed by atoms with Crippen molar-refractivity contribution in [1.29, 1.82) is 0 Å². The first-order valence-corrected chi connectivity index (χ1v) is 7.54. The van der Waals surface area contributed by atoms with Gasteiger partial charge in [0.15, 0.2) is 11.3 Å². The fourth-order valence-electron chi connectivity index (χ4n) is 2.49. The summed E-state index contributed by atoms with van der Waals surface area (Å²) in [5.74, 6) is -0.299. The van der Waals surface area contributed by atoms with Crippen LogP contribution in [0.4, 0.5) is 0 Å². The van der Waals surface area contributed by atoms with Gasteiger partial charge in [-0.2, -0.15) is 0 Å². The quantitative estimate of drug-likeness (QED) is 0.679. The van der Waals surface area contributed by atoms with Crippen LogP contribution in [0.15, 0.2) is 40.9 Å². The fraction of sp³-hybridized carbons (Fsp3) is 0.333. The van der Waals surface area contributed by atoms with Crippen molar-refractivity contribution in [2.24, 2.45) is 0 Å². The van der Waals surface area contributed by atoms with E-state index in [2.05, 4.69) is 17.1 Å². The molecule has 1 amide bonds. The van der Waals surface area contributed by atoms with Crippen LogP contribution in [0.2, 0.25) is 0 Å². The van der Waals surface area contributed by atoms with Crippen molar-refractivity contribution in [3.63, 3.8) is 0 Å². The number of hydrogen-bond donors (Lipinski definition) is 1. The minimum Gasteiger partial charge on any atom is -0.355 e. The van der Waals surface area contributed by atoms with Crippen LogP contribution in [-0.2, 0) is 0 Å². The maximum absolute atomic E-state index is 12.4. The minimum atomic E-state index is -0.299. The van der Waals surface area contributed by atoms with Crippen LogP contribution < -0.4 is 5.32 Å². The molecule has 3 atom stereocenters. The standard InChI is InChI=1S/C15H14Cl2N2O2/c1-8-6-11(17)12(7-10(8)16)18-15(20)14-9-4-2-3-5-13(9)21-19-14/h2-5,10-12H,1,6-7H2,(H,18,20). The zero-order valence-corrected chi connectivity index (χ0v) is 12.7. The molecule has 2 aromatic rings. The molecule has 0 bridgehead atoms. The van der Waals surface area contributed by atoms with E-state index in [9.17, 15) is 4.79 Å². The number of carbonyl (C=O) groups excluding carboxylic acids is 1. The Morgan fingerprint density at radius 1 is 1.38 bits per heavy atom. The molecule has 1 aromatic heterocycles. The smallest absolute Gasteiger partial charge is 0.274 e. The van der Waals surface area contributed by atoms with E-state index in [1.807, 2.05) is 12.1 Å². The van der Waals surface area contributed by atoms with E-state index < -0.39 is 0 Å². The van der Waals surface area contributed by atoms with Crippen LogP contribution in [-0.4, -0.2) is 27.9 Å². The second-order valence-electron chi connectivity index (χ2n) is 5.19. The molecule has 1 aromatic carbocycles. The number of aromatic nitrogens is 1. The second-order valence-corrected chi connectivity index (χ2v) is 6.28. The maximum atomic E-state index is 12.4. The number of fused-ring (bicyclic) bond motifs is 1. The van der Waals surface area contributed by atoms with E-state index in [0.717, 1.165) is 5.57 Å². The molecule has 1 heterocycles. The van der Waals surface area contributed by atoms with Crippen molar-refractivity contribution in [3.8, 4) is 0 Å². The van der Waals surface area contributed by atoms with Crippen LogP contribution in [0.3, 0.4) is 0 Å². The van der Waals surface area contributed by atoms with Crippen LogP contribution in [0.1, 0.15) is 23.3 Å². The summed E-state index contributed by atoms with van der Waals surface area (Å²) >= 11 is 12.5. The molecule has 21 heavy (non-hydrogen) atoms. The van der Waals surface area contributed by atoms with Gasteiger partial charge in [0.1, 0.15) is 0 Å². The van der Waals surface area contributed by atoms with Gasteiger partial charge in [0.25, 0.3) is 5.91 Å². The number of para-hydroxylation sites is 1. The summed E-state index contributed by atoms with van der Waals surface area (Å²) in [6.45, 7) is 3.89. The third-order valence-electron chi connectivity index (χ3n) is 3.71. The Kier molecular flexibility index (Phi) is 3.91. The Balaban J connectivity index is 1.78. The van der Waals surface area contributed by atoms with Gasteiger partial charge >= 0.3 is 0 Å². The monoisotopic (exact) mass is 324 g/mol. The molecule has 3 unspecified atom stereocenters. The van der Waals surface area contributed by atoms with Crippen molar-refractivity contribution in [3.05, 3.63) is 42.1 Å². The fourth-order valence-corrected chi connectivity index (χ4v) is 3.14. The summed E-state index contributed by atoms with van der Waals surface area (Å²) in [7, 11) is 0. The number of hydrogen-bond acceptors (Lipinski definition) is 3. The number of nitrogens with one attached hydrogen (secondary N) is 1. The highest BCUT2D eigenvalue weighted by atomic mass is 35.5. The molecular formula is C15H14Cl2N2O2. The summed E-state index contributed by atoms with van der Waals surface area (Å²) in [6, 6.07) is 7.02. The predicted molar refractivity (Wildman–Crippen MR) is 82.9 cm³/mol. The minimum absolute atomic E-state index is 0.167. The molecule has 1 N–H and O–H groups in total. The Bertz CT molecular complexity index is 698. The van der Waals surface area contributed by atoms with Crippen molar-refractivity contribution in [2.75, 3.05) is 0 Å². The van der Waals surface area contributed by atoms with Gasteiger partial charge in [-0.25, -0.2) is 0 Å². The van der Waals surface area contributed by atoms with Gasteiger partial charge in [0, 0.05) is 6.04 Å². The Hall–Kier alpha value is -1.52. The van der Waals surface area contributed by atoms with Gasteiger partial charge in [-0.3, -0.25) is 4.79 Å². The third kappa shape index (κ3) is 2.78. The molecule has 0 saturated heterocycles. The van der Waals surface area contributed by atoms with Crippen LogP contribution in [0.5, 0.6) is 0 Å².